The number of terminal acetylenes is 1. The summed E-state index contributed by atoms with van der Waals surface area (Å²) in [5, 5.41) is 2.85. The van der Waals surface area contributed by atoms with Gasteiger partial charge in [-0.1, -0.05) is 36.3 Å². The molecule has 1 aromatic carbocycles. The predicted molar refractivity (Wildman–Crippen MR) is 74.1 cm³/mol. The van der Waals surface area contributed by atoms with Crippen LogP contribution in [0.4, 0.5) is 0 Å². The average Bonchev–Trinajstić information content (AvgIpc) is 2.91. The summed E-state index contributed by atoms with van der Waals surface area (Å²) in [6, 6.07) is 10.3. The summed E-state index contributed by atoms with van der Waals surface area (Å²) >= 11 is 0. The van der Waals surface area contributed by atoms with Crippen LogP contribution in [0, 0.1) is 18.3 Å². The third kappa shape index (κ3) is 2.02. The van der Waals surface area contributed by atoms with Gasteiger partial charge in [-0.2, -0.15) is 0 Å². The van der Waals surface area contributed by atoms with Crippen molar-refractivity contribution >= 4 is 5.91 Å². The molecule has 2 bridgehead atoms. The zero-order chi connectivity index (χ0) is 13.3. The van der Waals surface area contributed by atoms with Gasteiger partial charge in [-0.05, 0) is 24.3 Å². The molecule has 0 aromatic heterocycles. The second kappa shape index (κ2) is 4.71. The van der Waals surface area contributed by atoms with Gasteiger partial charge in [0.25, 0.3) is 0 Å². The number of hydrogen-bond donors (Lipinski definition) is 1. The monoisotopic (exact) mass is 254 g/mol. The van der Waals surface area contributed by atoms with Crippen LogP contribution in [-0.2, 0) is 11.3 Å². The summed E-state index contributed by atoms with van der Waals surface area (Å²) in [6.07, 6.45) is 7.18. The van der Waals surface area contributed by atoms with Crippen molar-refractivity contribution in [3.8, 4) is 12.3 Å². The van der Waals surface area contributed by atoms with Crippen LogP contribution in [0.2, 0.25) is 0 Å². The minimum Gasteiger partial charge on any atom is -0.344 e. The molecule has 1 aromatic rings. The van der Waals surface area contributed by atoms with E-state index in [0.717, 1.165) is 25.9 Å². The lowest BCUT2D eigenvalue weighted by Crippen LogP contribution is -2.57. The molecule has 1 amide bonds. The number of nitrogens with one attached hydrogen (secondary N) is 1. The normalized spacial score (nSPS) is 28.5. The van der Waals surface area contributed by atoms with Crippen LogP contribution in [0.25, 0.3) is 0 Å². The van der Waals surface area contributed by atoms with Gasteiger partial charge in [-0.15, -0.1) is 6.42 Å². The molecule has 2 heterocycles. The van der Waals surface area contributed by atoms with Gasteiger partial charge < -0.3 is 5.32 Å². The first-order valence-electron chi connectivity index (χ1n) is 6.75. The molecule has 4 rings (SSSR count). The molecular formula is C16H18N2O. The number of benzene rings is 1. The van der Waals surface area contributed by atoms with Gasteiger partial charge in [-0.3, -0.25) is 9.69 Å². The zero-order valence-electron chi connectivity index (χ0n) is 10.9. The topological polar surface area (TPSA) is 32.3 Å². The van der Waals surface area contributed by atoms with Crippen LogP contribution in [0.1, 0.15) is 18.4 Å². The molecule has 0 radical (unpaired) electrons. The Morgan fingerprint density at radius 1 is 1.42 bits per heavy atom. The summed E-state index contributed by atoms with van der Waals surface area (Å²) in [4.78, 5) is 14.6. The Kier molecular flexibility index (Phi) is 3.04. The first kappa shape index (κ1) is 12.3. The Hall–Kier alpha value is -1.79. The van der Waals surface area contributed by atoms with Gasteiger partial charge in [0.15, 0.2) is 0 Å². The lowest BCUT2D eigenvalue weighted by molar-refractivity contribution is -0.134. The quantitative estimate of drug-likeness (QED) is 0.824. The fraction of sp³-hybridized carbons (Fsp3) is 0.438. The van der Waals surface area contributed by atoms with Gasteiger partial charge in [-0.25, -0.2) is 0 Å². The first-order chi connectivity index (χ1) is 9.24. The molecular weight excluding hydrogens is 236 g/mol. The largest absolute Gasteiger partial charge is 0.344 e. The Morgan fingerprint density at radius 3 is 2.84 bits per heavy atom. The Morgan fingerprint density at radius 2 is 2.16 bits per heavy atom. The van der Waals surface area contributed by atoms with E-state index >= 15 is 0 Å². The van der Waals surface area contributed by atoms with E-state index in [-0.39, 0.29) is 11.4 Å². The number of fused-ring (bicyclic) bond motifs is 1. The molecule has 0 unspecified atom stereocenters. The molecule has 1 aliphatic carbocycles. The Bertz CT molecular complexity index is 511. The van der Waals surface area contributed by atoms with Crippen LogP contribution in [0.5, 0.6) is 0 Å². The smallest absolute Gasteiger partial charge is 0.241 e. The number of hydrogen-bond acceptors (Lipinski definition) is 2. The third-order valence-electron chi connectivity index (χ3n) is 4.33. The standard InChI is InChI=1S/C16H18N2O/c1-2-8-17-15(19)16-9-14(10-16)12-18(16)11-13-6-4-3-5-7-13/h1,3-7,14H,8-12H2,(H,17,19). The molecule has 3 nitrogen and oxygen atoms in total. The lowest BCUT2D eigenvalue weighted by atomic mass is 9.72. The number of carbonyl (C=O) groups excluding carboxylic acids is 1. The fourth-order valence-corrected chi connectivity index (χ4v) is 3.41. The molecule has 2 aliphatic heterocycles. The van der Waals surface area contributed by atoms with E-state index in [1.165, 1.54) is 5.56 Å². The van der Waals surface area contributed by atoms with Crippen molar-refractivity contribution in [2.24, 2.45) is 5.92 Å². The van der Waals surface area contributed by atoms with Crippen LogP contribution in [0.15, 0.2) is 30.3 Å². The molecule has 3 aliphatic rings. The van der Waals surface area contributed by atoms with Gasteiger partial charge in [0.05, 0.1) is 6.54 Å². The second-order valence-electron chi connectivity index (χ2n) is 5.56. The van der Waals surface area contributed by atoms with E-state index in [0.29, 0.717) is 12.5 Å². The van der Waals surface area contributed by atoms with Gasteiger partial charge in [0.2, 0.25) is 5.91 Å². The molecule has 0 atom stereocenters. The number of rotatable bonds is 4. The van der Waals surface area contributed by atoms with Gasteiger partial charge in [0.1, 0.15) is 5.54 Å². The van der Waals surface area contributed by atoms with Gasteiger partial charge in [0, 0.05) is 13.1 Å². The summed E-state index contributed by atoms with van der Waals surface area (Å²) in [7, 11) is 0. The minimum absolute atomic E-state index is 0.107. The summed E-state index contributed by atoms with van der Waals surface area (Å²) in [6.45, 7) is 2.20. The van der Waals surface area contributed by atoms with E-state index in [2.05, 4.69) is 28.3 Å². The first-order valence-corrected chi connectivity index (χ1v) is 6.75. The lowest BCUT2D eigenvalue weighted by Gasteiger charge is -2.40. The average molecular weight is 254 g/mol. The minimum atomic E-state index is -0.294. The second-order valence-corrected chi connectivity index (χ2v) is 5.56. The van der Waals surface area contributed by atoms with Crippen molar-refractivity contribution in [1.82, 2.24) is 10.2 Å². The zero-order valence-corrected chi connectivity index (χ0v) is 10.9. The van der Waals surface area contributed by atoms with Crippen molar-refractivity contribution in [3.63, 3.8) is 0 Å². The van der Waals surface area contributed by atoms with E-state index in [9.17, 15) is 4.79 Å². The number of carbonyl (C=O) groups is 1. The van der Waals surface area contributed by atoms with Crippen molar-refractivity contribution in [3.05, 3.63) is 35.9 Å². The fourth-order valence-electron chi connectivity index (χ4n) is 3.41. The maximum Gasteiger partial charge on any atom is 0.241 e. The molecule has 19 heavy (non-hydrogen) atoms. The van der Waals surface area contributed by atoms with E-state index < -0.39 is 0 Å². The van der Waals surface area contributed by atoms with Gasteiger partial charge >= 0.3 is 0 Å². The maximum absolute atomic E-state index is 12.3. The van der Waals surface area contributed by atoms with Crippen molar-refractivity contribution in [2.45, 2.75) is 24.9 Å². The maximum atomic E-state index is 12.3. The predicted octanol–water partition coefficient (Wildman–Crippen LogP) is 1.40. The third-order valence-corrected chi connectivity index (χ3v) is 4.33. The van der Waals surface area contributed by atoms with Crippen LogP contribution < -0.4 is 5.32 Å². The van der Waals surface area contributed by atoms with Crippen molar-refractivity contribution in [2.75, 3.05) is 13.1 Å². The molecule has 0 spiro atoms. The molecule has 1 saturated carbocycles. The van der Waals surface area contributed by atoms with Crippen LogP contribution in [0.3, 0.4) is 0 Å². The highest BCUT2D eigenvalue weighted by atomic mass is 16.2. The van der Waals surface area contributed by atoms with Crippen LogP contribution >= 0.6 is 0 Å². The van der Waals surface area contributed by atoms with Crippen molar-refractivity contribution < 1.29 is 4.79 Å². The Labute approximate surface area is 114 Å². The number of nitrogens with zero attached hydrogens (tertiary/aromatic N) is 1. The summed E-state index contributed by atoms with van der Waals surface area (Å²) < 4.78 is 0. The molecule has 1 N–H and O–H groups in total. The van der Waals surface area contributed by atoms with Crippen LogP contribution in [-0.4, -0.2) is 29.4 Å². The SMILES string of the molecule is C#CCNC(=O)C12CC(CN1Cc1ccccc1)C2. The van der Waals surface area contributed by atoms with E-state index in [1.54, 1.807) is 0 Å². The number of amides is 1. The molecule has 2 saturated heterocycles. The molecule has 3 fully saturated rings. The highest BCUT2D eigenvalue weighted by Gasteiger charge is 2.60. The highest BCUT2D eigenvalue weighted by molar-refractivity contribution is 5.88. The van der Waals surface area contributed by atoms with E-state index in [1.807, 2.05) is 18.2 Å². The summed E-state index contributed by atoms with van der Waals surface area (Å²) in [5.74, 6) is 3.26. The molecule has 98 valence electrons. The highest BCUT2D eigenvalue weighted by Crippen LogP contribution is 2.51. The van der Waals surface area contributed by atoms with Crippen molar-refractivity contribution in [1.29, 1.82) is 0 Å². The molecule has 3 heteroatoms. The summed E-state index contributed by atoms with van der Waals surface area (Å²) in [5.41, 5.74) is 0.969. The Balaban J connectivity index is 1.72. The van der Waals surface area contributed by atoms with E-state index in [4.69, 9.17) is 6.42 Å².